The Morgan fingerprint density at radius 3 is 2.50 bits per heavy atom. The molecule has 0 unspecified atom stereocenters. The first-order valence-corrected chi connectivity index (χ1v) is 6.37. The van der Waals surface area contributed by atoms with Crippen molar-refractivity contribution in [3.8, 4) is 5.75 Å². The van der Waals surface area contributed by atoms with Crippen molar-refractivity contribution in [3.05, 3.63) is 29.3 Å². The molecular weight excluding hydrogens is 271 g/mol. The second-order valence-electron chi connectivity index (χ2n) is 4.90. The fourth-order valence-electron chi connectivity index (χ4n) is 1.66. The third kappa shape index (κ3) is 5.38. The Balaban J connectivity index is 2.84. The maximum atomic E-state index is 13.0. The van der Waals surface area contributed by atoms with Crippen molar-refractivity contribution in [1.29, 1.82) is 0 Å². The Morgan fingerprint density at radius 1 is 1.25 bits per heavy atom. The van der Waals surface area contributed by atoms with Gasteiger partial charge in [-0.1, -0.05) is 19.9 Å². The van der Waals surface area contributed by atoms with Crippen LogP contribution in [0.15, 0.2) is 18.2 Å². The highest BCUT2D eigenvalue weighted by Crippen LogP contribution is 2.36. The van der Waals surface area contributed by atoms with Crippen molar-refractivity contribution in [2.24, 2.45) is 5.92 Å². The van der Waals surface area contributed by atoms with E-state index >= 15 is 0 Å². The lowest BCUT2D eigenvalue weighted by Gasteiger charge is -2.15. The number of methoxy groups -OCH3 is 1. The average molecular weight is 291 g/mol. The van der Waals surface area contributed by atoms with Gasteiger partial charge in [0.05, 0.1) is 5.56 Å². The first-order chi connectivity index (χ1) is 9.34. The molecule has 0 saturated heterocycles. The summed E-state index contributed by atoms with van der Waals surface area (Å²) in [7, 11) is 1.36. The van der Waals surface area contributed by atoms with Crippen LogP contribution in [-0.2, 0) is 17.5 Å². The van der Waals surface area contributed by atoms with Gasteiger partial charge in [0, 0.05) is 13.7 Å². The minimum absolute atomic E-state index is 0.214. The van der Waals surface area contributed by atoms with Gasteiger partial charge in [-0.25, -0.2) is 0 Å². The number of nitrogens with one attached hydrogen (secondary N) is 1. The molecule has 0 radical (unpaired) electrons. The summed E-state index contributed by atoms with van der Waals surface area (Å²) < 4.78 is 48.5. The smallest absolute Gasteiger partial charge is 0.419 e. The molecule has 0 aliphatic heterocycles. The zero-order valence-corrected chi connectivity index (χ0v) is 11.9. The molecule has 0 atom stereocenters. The number of halogens is 3. The average Bonchev–Trinajstić information content (AvgIpc) is 2.35. The molecule has 1 aromatic carbocycles. The molecule has 0 aliphatic carbocycles. The van der Waals surface area contributed by atoms with E-state index in [-0.39, 0.29) is 12.5 Å². The maximum absolute atomic E-state index is 13.0. The van der Waals surface area contributed by atoms with Crippen molar-refractivity contribution in [3.63, 3.8) is 0 Å². The summed E-state index contributed by atoms with van der Waals surface area (Å²) in [6.45, 7) is 5.01. The lowest BCUT2D eigenvalue weighted by molar-refractivity contribution is -0.139. The number of benzene rings is 1. The molecule has 0 bridgehead atoms. The maximum Gasteiger partial charge on any atom is 0.419 e. The van der Waals surface area contributed by atoms with Crippen LogP contribution in [0.5, 0.6) is 5.75 Å². The van der Waals surface area contributed by atoms with Gasteiger partial charge in [-0.2, -0.15) is 13.2 Å². The molecule has 0 aromatic heterocycles. The fraction of sp³-hybridized carbons (Fsp3) is 0.571. The SMILES string of the molecule is COCOc1ccc(CNCC(C)C)cc1C(F)(F)F. The van der Waals surface area contributed by atoms with E-state index in [4.69, 9.17) is 4.74 Å². The number of hydrogen-bond donors (Lipinski definition) is 1. The number of hydrogen-bond acceptors (Lipinski definition) is 3. The highest BCUT2D eigenvalue weighted by molar-refractivity contribution is 5.39. The minimum atomic E-state index is -4.45. The zero-order chi connectivity index (χ0) is 15.2. The van der Waals surface area contributed by atoms with Gasteiger partial charge in [0.2, 0.25) is 0 Å². The van der Waals surface area contributed by atoms with E-state index in [1.165, 1.54) is 13.2 Å². The van der Waals surface area contributed by atoms with E-state index in [0.717, 1.165) is 12.6 Å². The first kappa shape index (κ1) is 16.8. The van der Waals surface area contributed by atoms with Crippen LogP contribution in [0.4, 0.5) is 13.2 Å². The molecule has 0 aliphatic rings. The normalized spacial score (nSPS) is 11.9. The van der Waals surface area contributed by atoms with Crippen molar-refractivity contribution < 1.29 is 22.6 Å². The zero-order valence-electron chi connectivity index (χ0n) is 11.9. The quantitative estimate of drug-likeness (QED) is 0.781. The minimum Gasteiger partial charge on any atom is -0.467 e. The molecule has 3 nitrogen and oxygen atoms in total. The van der Waals surface area contributed by atoms with E-state index in [9.17, 15) is 13.2 Å². The number of ether oxygens (including phenoxy) is 2. The van der Waals surface area contributed by atoms with Gasteiger partial charge in [-0.15, -0.1) is 0 Å². The lowest BCUT2D eigenvalue weighted by atomic mass is 10.1. The molecule has 6 heteroatoms. The largest absolute Gasteiger partial charge is 0.467 e. The summed E-state index contributed by atoms with van der Waals surface area (Å²) in [4.78, 5) is 0. The monoisotopic (exact) mass is 291 g/mol. The Kier molecular flexibility index (Phi) is 6.29. The fourth-order valence-corrected chi connectivity index (χ4v) is 1.66. The van der Waals surface area contributed by atoms with E-state index in [1.807, 2.05) is 13.8 Å². The summed E-state index contributed by atoms with van der Waals surface area (Å²) in [5.41, 5.74) is -0.207. The van der Waals surface area contributed by atoms with Gasteiger partial charge in [-0.3, -0.25) is 0 Å². The number of rotatable bonds is 7. The Bertz CT molecular complexity index is 419. The summed E-state index contributed by atoms with van der Waals surface area (Å²) in [6, 6.07) is 4.06. The van der Waals surface area contributed by atoms with Crippen molar-refractivity contribution in [1.82, 2.24) is 5.32 Å². The second kappa shape index (κ2) is 7.50. The van der Waals surface area contributed by atoms with Gasteiger partial charge in [0.15, 0.2) is 6.79 Å². The topological polar surface area (TPSA) is 30.5 Å². The summed E-state index contributed by atoms with van der Waals surface area (Å²) in [6.07, 6.45) is -4.45. The van der Waals surface area contributed by atoms with Gasteiger partial charge in [-0.05, 0) is 30.2 Å². The third-order valence-corrected chi connectivity index (χ3v) is 2.56. The third-order valence-electron chi connectivity index (χ3n) is 2.56. The molecule has 0 spiro atoms. The first-order valence-electron chi connectivity index (χ1n) is 6.37. The van der Waals surface area contributed by atoms with Crippen LogP contribution in [0.3, 0.4) is 0 Å². The van der Waals surface area contributed by atoms with Crippen LogP contribution in [0.2, 0.25) is 0 Å². The van der Waals surface area contributed by atoms with Crippen LogP contribution < -0.4 is 10.1 Å². The predicted octanol–water partition coefficient (Wildman–Crippen LogP) is 3.43. The summed E-state index contributed by atoms with van der Waals surface area (Å²) >= 11 is 0. The number of alkyl halides is 3. The highest BCUT2D eigenvalue weighted by atomic mass is 19.4. The van der Waals surface area contributed by atoms with E-state index in [1.54, 1.807) is 6.07 Å². The molecule has 0 saturated carbocycles. The van der Waals surface area contributed by atoms with Gasteiger partial charge >= 0.3 is 6.18 Å². The molecule has 20 heavy (non-hydrogen) atoms. The van der Waals surface area contributed by atoms with Crippen molar-refractivity contribution in [2.45, 2.75) is 26.6 Å². The Labute approximate surface area is 117 Å². The van der Waals surface area contributed by atoms with Crippen LogP contribution in [0, 0.1) is 5.92 Å². The molecule has 114 valence electrons. The molecule has 0 heterocycles. The van der Waals surface area contributed by atoms with Crippen molar-refractivity contribution >= 4 is 0 Å². The summed E-state index contributed by atoms with van der Waals surface area (Å²) in [5, 5.41) is 3.11. The van der Waals surface area contributed by atoms with Crippen LogP contribution >= 0.6 is 0 Å². The van der Waals surface area contributed by atoms with Crippen molar-refractivity contribution in [2.75, 3.05) is 20.4 Å². The van der Waals surface area contributed by atoms with Crippen LogP contribution in [0.25, 0.3) is 0 Å². The molecule has 0 amide bonds. The molecule has 1 rings (SSSR count). The van der Waals surface area contributed by atoms with Crippen LogP contribution in [-0.4, -0.2) is 20.4 Å². The second-order valence-corrected chi connectivity index (χ2v) is 4.90. The summed E-state index contributed by atoms with van der Waals surface area (Å²) in [5.74, 6) is 0.230. The molecule has 0 fully saturated rings. The molecular formula is C14H20F3NO2. The van der Waals surface area contributed by atoms with E-state index in [0.29, 0.717) is 18.0 Å². The standard InChI is InChI=1S/C14H20F3NO2/c1-10(2)7-18-8-11-4-5-13(20-9-19-3)12(6-11)14(15,16)17/h4-6,10,18H,7-9H2,1-3H3. The molecule has 1 N–H and O–H groups in total. The van der Waals surface area contributed by atoms with Gasteiger partial charge in [0.1, 0.15) is 5.75 Å². The molecule has 1 aromatic rings. The van der Waals surface area contributed by atoms with Crippen LogP contribution in [0.1, 0.15) is 25.0 Å². The van der Waals surface area contributed by atoms with Gasteiger partial charge in [0.25, 0.3) is 0 Å². The Morgan fingerprint density at radius 2 is 1.95 bits per heavy atom. The Hall–Kier alpha value is -1.27. The van der Waals surface area contributed by atoms with Gasteiger partial charge < -0.3 is 14.8 Å². The van der Waals surface area contributed by atoms with E-state index in [2.05, 4.69) is 10.1 Å². The lowest BCUT2D eigenvalue weighted by Crippen LogP contribution is -2.19. The highest BCUT2D eigenvalue weighted by Gasteiger charge is 2.34. The predicted molar refractivity (Wildman–Crippen MR) is 70.5 cm³/mol. The van der Waals surface area contributed by atoms with E-state index < -0.39 is 11.7 Å².